The zero-order valence-corrected chi connectivity index (χ0v) is 8.21. The van der Waals surface area contributed by atoms with Gasteiger partial charge < -0.3 is 0 Å². The van der Waals surface area contributed by atoms with Gasteiger partial charge in [-0.25, -0.2) is 12.7 Å². The molecule has 71 valence electrons. The molecule has 0 heterocycles. The molecule has 0 aromatic heterocycles. The molecular formula is C8H10NO3S. The van der Waals surface area contributed by atoms with Crippen LogP contribution in [0.1, 0.15) is 0 Å². The summed E-state index contributed by atoms with van der Waals surface area (Å²) in [6.07, 6.45) is 0. The normalized spacial score (nSPS) is 11.9. The second-order valence-corrected chi connectivity index (χ2v) is 4.91. The number of rotatable bonds is 2. The molecule has 0 aliphatic heterocycles. The zero-order chi connectivity index (χ0) is 10.1. The lowest BCUT2D eigenvalue weighted by Crippen LogP contribution is -2.21. The molecule has 4 nitrogen and oxygen atoms in total. The van der Waals surface area contributed by atoms with Crippen LogP contribution >= 0.6 is 0 Å². The lowest BCUT2D eigenvalue weighted by molar-refractivity contribution is 0.354. The van der Waals surface area contributed by atoms with Crippen LogP contribution in [0.25, 0.3) is 0 Å². The molecule has 0 saturated carbocycles. The number of hydrogen-bond donors (Lipinski definition) is 0. The molecule has 0 N–H and O–H groups in total. The van der Waals surface area contributed by atoms with E-state index in [2.05, 4.69) is 0 Å². The van der Waals surface area contributed by atoms with Crippen molar-refractivity contribution in [3.05, 3.63) is 24.3 Å². The van der Waals surface area contributed by atoms with E-state index in [-0.39, 0.29) is 10.6 Å². The van der Waals surface area contributed by atoms with E-state index in [0.717, 1.165) is 4.31 Å². The molecule has 5 heteroatoms. The minimum atomic E-state index is -3.40. The fraction of sp³-hybridized carbons (Fsp3) is 0.250. The highest BCUT2D eigenvalue weighted by molar-refractivity contribution is 7.89. The van der Waals surface area contributed by atoms with Gasteiger partial charge in [0, 0.05) is 14.1 Å². The smallest absolute Gasteiger partial charge is 0.242 e. The predicted molar refractivity (Wildman–Crippen MR) is 47.4 cm³/mol. The van der Waals surface area contributed by atoms with Crippen molar-refractivity contribution in [2.24, 2.45) is 0 Å². The highest BCUT2D eigenvalue weighted by Gasteiger charge is 2.16. The van der Waals surface area contributed by atoms with Crippen molar-refractivity contribution < 1.29 is 13.5 Å². The summed E-state index contributed by atoms with van der Waals surface area (Å²) in [4.78, 5) is 0.136. The Bertz CT molecular complexity index is 380. The monoisotopic (exact) mass is 200 g/mol. The van der Waals surface area contributed by atoms with E-state index in [1.165, 1.54) is 38.4 Å². The predicted octanol–water partition coefficient (Wildman–Crippen LogP) is 1.08. The molecule has 1 rings (SSSR count). The average Bonchev–Trinajstić information content (AvgIpc) is 2.04. The quantitative estimate of drug-likeness (QED) is 0.717. The van der Waals surface area contributed by atoms with E-state index in [9.17, 15) is 13.5 Å². The maximum Gasteiger partial charge on any atom is 0.242 e. The summed E-state index contributed by atoms with van der Waals surface area (Å²) in [5.74, 6) is -0.197. The largest absolute Gasteiger partial charge is 0.290 e. The molecule has 1 radical (unpaired) electrons. The van der Waals surface area contributed by atoms with Crippen LogP contribution in [0.2, 0.25) is 0 Å². The first kappa shape index (κ1) is 10.0. The third-order valence-corrected chi connectivity index (χ3v) is 3.43. The van der Waals surface area contributed by atoms with E-state index in [1.807, 2.05) is 0 Å². The van der Waals surface area contributed by atoms with Crippen molar-refractivity contribution in [3.63, 3.8) is 0 Å². The van der Waals surface area contributed by atoms with Crippen LogP contribution in [0.15, 0.2) is 29.2 Å². The van der Waals surface area contributed by atoms with E-state index in [0.29, 0.717) is 0 Å². The van der Waals surface area contributed by atoms with Crippen LogP contribution in [-0.4, -0.2) is 26.8 Å². The molecule has 0 spiro atoms. The summed E-state index contributed by atoms with van der Waals surface area (Å²) in [5, 5.41) is 10.7. The van der Waals surface area contributed by atoms with Crippen LogP contribution in [0.5, 0.6) is 5.75 Å². The molecule has 0 bridgehead atoms. The number of sulfonamides is 1. The van der Waals surface area contributed by atoms with Crippen LogP contribution in [-0.2, 0) is 15.1 Å². The van der Waals surface area contributed by atoms with Gasteiger partial charge in [0.15, 0.2) is 5.75 Å². The van der Waals surface area contributed by atoms with Gasteiger partial charge in [-0.2, -0.15) is 0 Å². The fourth-order valence-electron chi connectivity index (χ4n) is 0.822. The summed E-state index contributed by atoms with van der Waals surface area (Å²) < 4.78 is 24.0. The Hall–Kier alpha value is -1.07. The highest BCUT2D eigenvalue weighted by Crippen LogP contribution is 2.16. The molecule has 0 aliphatic rings. The van der Waals surface area contributed by atoms with Gasteiger partial charge in [0.25, 0.3) is 0 Å². The Morgan fingerprint density at radius 3 is 1.92 bits per heavy atom. The summed E-state index contributed by atoms with van der Waals surface area (Å²) in [6, 6.07) is 5.07. The van der Waals surface area contributed by atoms with E-state index >= 15 is 0 Å². The van der Waals surface area contributed by atoms with Crippen molar-refractivity contribution in [1.29, 1.82) is 0 Å². The first-order valence-corrected chi connectivity index (χ1v) is 5.08. The number of nitrogens with zero attached hydrogens (tertiary/aromatic N) is 1. The van der Waals surface area contributed by atoms with Crippen molar-refractivity contribution in [1.82, 2.24) is 4.31 Å². The first-order valence-electron chi connectivity index (χ1n) is 3.64. The van der Waals surface area contributed by atoms with Gasteiger partial charge in [0.1, 0.15) is 0 Å². The average molecular weight is 200 g/mol. The molecule has 0 unspecified atom stereocenters. The molecule has 0 atom stereocenters. The molecule has 0 aliphatic carbocycles. The Balaban J connectivity index is 3.17. The Morgan fingerprint density at radius 1 is 1.08 bits per heavy atom. The molecular weight excluding hydrogens is 190 g/mol. The van der Waals surface area contributed by atoms with Gasteiger partial charge in [-0.15, -0.1) is 0 Å². The Labute approximate surface area is 77.5 Å². The lowest BCUT2D eigenvalue weighted by Gasteiger charge is -2.10. The Morgan fingerprint density at radius 2 is 1.54 bits per heavy atom. The van der Waals surface area contributed by atoms with Gasteiger partial charge >= 0.3 is 0 Å². The Kier molecular flexibility index (Phi) is 2.58. The van der Waals surface area contributed by atoms with Crippen molar-refractivity contribution in [2.45, 2.75) is 4.90 Å². The van der Waals surface area contributed by atoms with Gasteiger partial charge in [0.05, 0.1) is 4.90 Å². The van der Waals surface area contributed by atoms with Crippen LogP contribution < -0.4 is 0 Å². The third kappa shape index (κ3) is 1.99. The highest BCUT2D eigenvalue weighted by atomic mass is 32.2. The third-order valence-electron chi connectivity index (χ3n) is 1.60. The van der Waals surface area contributed by atoms with Crippen molar-refractivity contribution in [3.8, 4) is 5.75 Å². The summed E-state index contributed by atoms with van der Waals surface area (Å²) in [7, 11) is -0.509. The van der Waals surface area contributed by atoms with Crippen LogP contribution in [0.3, 0.4) is 0 Å². The molecule has 1 aromatic carbocycles. The maximum absolute atomic E-state index is 11.5. The second kappa shape index (κ2) is 3.35. The number of benzene rings is 1. The SMILES string of the molecule is CN(C)S(=O)(=O)c1ccc([O])cc1. The standard InChI is InChI=1S/C8H10NO3S/c1-9(2)13(11,12)8-5-3-7(10)4-6-8/h3-6H,1-2H3. The second-order valence-electron chi connectivity index (χ2n) is 2.76. The number of hydrogen-bond acceptors (Lipinski definition) is 2. The maximum atomic E-state index is 11.5. The molecule has 0 saturated heterocycles. The summed E-state index contributed by atoms with van der Waals surface area (Å²) in [6.45, 7) is 0. The van der Waals surface area contributed by atoms with Gasteiger partial charge in [-0.05, 0) is 24.3 Å². The molecule has 1 aromatic rings. The zero-order valence-electron chi connectivity index (χ0n) is 7.39. The van der Waals surface area contributed by atoms with Gasteiger partial charge in [-0.3, -0.25) is 5.11 Å². The van der Waals surface area contributed by atoms with Gasteiger partial charge in [-0.1, -0.05) is 0 Å². The lowest BCUT2D eigenvalue weighted by atomic mass is 10.3. The molecule has 0 fully saturated rings. The first-order chi connectivity index (χ1) is 5.94. The van der Waals surface area contributed by atoms with Crippen LogP contribution in [0.4, 0.5) is 0 Å². The van der Waals surface area contributed by atoms with E-state index < -0.39 is 10.0 Å². The minimum absolute atomic E-state index is 0.136. The van der Waals surface area contributed by atoms with Crippen LogP contribution in [0, 0.1) is 0 Å². The minimum Gasteiger partial charge on any atom is -0.290 e. The molecule has 13 heavy (non-hydrogen) atoms. The van der Waals surface area contributed by atoms with E-state index in [4.69, 9.17) is 0 Å². The van der Waals surface area contributed by atoms with E-state index in [1.54, 1.807) is 0 Å². The van der Waals surface area contributed by atoms with Crippen molar-refractivity contribution in [2.75, 3.05) is 14.1 Å². The van der Waals surface area contributed by atoms with Crippen molar-refractivity contribution >= 4 is 10.0 Å². The summed E-state index contributed by atoms with van der Waals surface area (Å²) >= 11 is 0. The molecule has 0 amide bonds. The van der Waals surface area contributed by atoms with Gasteiger partial charge in [0.2, 0.25) is 10.0 Å². The summed E-state index contributed by atoms with van der Waals surface area (Å²) in [5.41, 5.74) is 0. The topological polar surface area (TPSA) is 57.3 Å². The fourth-order valence-corrected chi connectivity index (χ4v) is 1.72.